The zero-order chi connectivity index (χ0) is 22.2. The van der Waals surface area contributed by atoms with E-state index in [9.17, 15) is 10.2 Å². The van der Waals surface area contributed by atoms with Gasteiger partial charge in [0.1, 0.15) is 11.5 Å². The van der Waals surface area contributed by atoms with Gasteiger partial charge in [-0.3, -0.25) is 0 Å². The molecule has 0 saturated carbocycles. The Morgan fingerprint density at radius 3 is 1.19 bits per heavy atom. The van der Waals surface area contributed by atoms with Gasteiger partial charge in [-0.25, -0.2) is 0 Å². The van der Waals surface area contributed by atoms with E-state index in [-0.39, 0.29) is 23.6 Å². The van der Waals surface area contributed by atoms with Gasteiger partial charge in [-0.05, 0) is 23.3 Å². The monoisotopic (exact) mass is 424 g/mol. The summed E-state index contributed by atoms with van der Waals surface area (Å²) in [5.74, 6) is 0.565. The lowest BCUT2D eigenvalue weighted by molar-refractivity contribution is 0.373. The van der Waals surface area contributed by atoms with Crippen LogP contribution in [-0.2, 0) is 13.1 Å². The van der Waals surface area contributed by atoms with E-state index in [1.165, 1.54) is 0 Å². The van der Waals surface area contributed by atoms with Crippen LogP contribution in [-0.4, -0.2) is 10.2 Å². The molecule has 0 amide bonds. The quantitative estimate of drug-likeness (QED) is 0.288. The molecular formula is C28H28N2O2. The van der Waals surface area contributed by atoms with Gasteiger partial charge in [-0.15, -0.1) is 0 Å². The maximum absolute atomic E-state index is 10.2. The SMILES string of the molecule is Oc1ccccc1CN[C@@H](c1ccccc1)[C@@H](NCc1ccccc1O)c1ccccc1. The number of phenolic OH excluding ortho intramolecular Hbond substituents is 2. The van der Waals surface area contributed by atoms with Crippen LogP contribution in [0.1, 0.15) is 34.3 Å². The zero-order valence-corrected chi connectivity index (χ0v) is 17.9. The summed E-state index contributed by atoms with van der Waals surface area (Å²) in [4.78, 5) is 0. The van der Waals surface area contributed by atoms with E-state index in [4.69, 9.17) is 0 Å². The molecule has 0 aromatic heterocycles. The highest BCUT2D eigenvalue weighted by Gasteiger charge is 2.24. The molecule has 0 aliphatic carbocycles. The van der Waals surface area contributed by atoms with Crippen LogP contribution in [0.3, 0.4) is 0 Å². The third-order valence-corrected chi connectivity index (χ3v) is 5.66. The summed E-state index contributed by atoms with van der Waals surface area (Å²) in [5, 5.41) is 27.8. The van der Waals surface area contributed by atoms with Gasteiger partial charge < -0.3 is 20.8 Å². The second-order valence-electron chi connectivity index (χ2n) is 7.80. The van der Waals surface area contributed by atoms with Crippen LogP contribution in [0.5, 0.6) is 11.5 Å². The maximum Gasteiger partial charge on any atom is 0.120 e. The van der Waals surface area contributed by atoms with Gasteiger partial charge in [0.2, 0.25) is 0 Å². The third kappa shape index (κ3) is 5.35. The Labute approximate surface area is 189 Å². The van der Waals surface area contributed by atoms with E-state index in [1.807, 2.05) is 72.8 Å². The molecule has 0 aliphatic heterocycles. The molecule has 4 heteroatoms. The van der Waals surface area contributed by atoms with Crippen molar-refractivity contribution in [3.63, 3.8) is 0 Å². The van der Waals surface area contributed by atoms with Crippen molar-refractivity contribution in [3.8, 4) is 11.5 Å². The predicted octanol–water partition coefficient (Wildman–Crippen LogP) is 5.46. The van der Waals surface area contributed by atoms with Crippen molar-refractivity contribution >= 4 is 0 Å². The number of rotatable bonds is 9. The number of hydrogen-bond acceptors (Lipinski definition) is 4. The zero-order valence-electron chi connectivity index (χ0n) is 17.9. The molecule has 0 unspecified atom stereocenters. The Kier molecular flexibility index (Phi) is 7.18. The van der Waals surface area contributed by atoms with E-state index in [0.29, 0.717) is 13.1 Å². The fourth-order valence-electron chi connectivity index (χ4n) is 3.94. The van der Waals surface area contributed by atoms with Gasteiger partial charge in [-0.2, -0.15) is 0 Å². The molecule has 2 atom stereocenters. The van der Waals surface area contributed by atoms with Gasteiger partial charge in [0, 0.05) is 24.2 Å². The minimum absolute atomic E-state index is 0.0657. The highest BCUT2D eigenvalue weighted by molar-refractivity contribution is 5.34. The molecule has 4 N–H and O–H groups in total. The smallest absolute Gasteiger partial charge is 0.120 e. The van der Waals surface area contributed by atoms with Crippen LogP contribution in [0.4, 0.5) is 0 Å². The normalized spacial score (nSPS) is 12.9. The van der Waals surface area contributed by atoms with Crippen molar-refractivity contribution in [2.75, 3.05) is 0 Å². The van der Waals surface area contributed by atoms with Gasteiger partial charge in [0.05, 0.1) is 12.1 Å². The molecule has 4 nitrogen and oxygen atoms in total. The minimum Gasteiger partial charge on any atom is -0.508 e. The van der Waals surface area contributed by atoms with Crippen molar-refractivity contribution in [3.05, 3.63) is 131 Å². The highest BCUT2D eigenvalue weighted by Crippen LogP contribution is 2.31. The lowest BCUT2D eigenvalue weighted by Gasteiger charge is -2.30. The van der Waals surface area contributed by atoms with Crippen molar-refractivity contribution in [1.82, 2.24) is 10.6 Å². The van der Waals surface area contributed by atoms with Gasteiger partial charge >= 0.3 is 0 Å². The van der Waals surface area contributed by atoms with Crippen molar-refractivity contribution in [2.24, 2.45) is 0 Å². The summed E-state index contributed by atoms with van der Waals surface area (Å²) < 4.78 is 0. The standard InChI is InChI=1S/C28H28N2O2/c31-25-17-9-7-15-23(25)19-29-27(21-11-3-1-4-12-21)28(22-13-5-2-6-14-22)30-20-24-16-8-10-18-26(24)32/h1-18,27-32H,19-20H2/t27-,28-/m0/s1. The fraction of sp³-hybridized carbons (Fsp3) is 0.143. The summed E-state index contributed by atoms with van der Waals surface area (Å²) in [6.45, 7) is 1.04. The van der Waals surface area contributed by atoms with Crippen LogP contribution in [0.15, 0.2) is 109 Å². The average molecular weight is 425 g/mol. The molecule has 0 saturated heterocycles. The van der Waals surface area contributed by atoms with E-state index in [1.54, 1.807) is 12.1 Å². The van der Waals surface area contributed by atoms with Crippen molar-refractivity contribution < 1.29 is 10.2 Å². The third-order valence-electron chi connectivity index (χ3n) is 5.66. The molecule has 162 valence electrons. The molecule has 0 spiro atoms. The lowest BCUT2D eigenvalue weighted by Crippen LogP contribution is -2.35. The lowest BCUT2D eigenvalue weighted by atomic mass is 9.92. The van der Waals surface area contributed by atoms with E-state index >= 15 is 0 Å². The van der Waals surface area contributed by atoms with Crippen LogP contribution >= 0.6 is 0 Å². The number of nitrogens with one attached hydrogen (secondary N) is 2. The Morgan fingerprint density at radius 1 is 0.469 bits per heavy atom. The largest absolute Gasteiger partial charge is 0.508 e. The topological polar surface area (TPSA) is 64.5 Å². The van der Waals surface area contributed by atoms with Crippen LogP contribution in [0.25, 0.3) is 0 Å². The van der Waals surface area contributed by atoms with Crippen LogP contribution < -0.4 is 10.6 Å². The summed E-state index contributed by atoms with van der Waals surface area (Å²) in [6, 6.07) is 35.3. The van der Waals surface area contributed by atoms with Crippen molar-refractivity contribution in [1.29, 1.82) is 0 Å². The van der Waals surface area contributed by atoms with E-state index < -0.39 is 0 Å². The number of phenols is 2. The molecule has 0 fully saturated rings. The predicted molar refractivity (Wildman–Crippen MR) is 128 cm³/mol. The molecular weight excluding hydrogens is 396 g/mol. The molecule has 0 heterocycles. The minimum atomic E-state index is -0.0657. The van der Waals surface area contributed by atoms with E-state index in [0.717, 1.165) is 22.3 Å². The van der Waals surface area contributed by atoms with Crippen LogP contribution in [0.2, 0.25) is 0 Å². The number of benzene rings is 4. The number of aromatic hydroxyl groups is 2. The van der Waals surface area contributed by atoms with Gasteiger partial charge in [0.25, 0.3) is 0 Å². The summed E-state index contributed by atoms with van der Waals surface area (Å²) in [5.41, 5.74) is 3.98. The molecule has 4 aromatic carbocycles. The summed E-state index contributed by atoms with van der Waals surface area (Å²) in [6.07, 6.45) is 0. The first kappa shape index (κ1) is 21.6. The Hall–Kier alpha value is -3.60. The van der Waals surface area contributed by atoms with Gasteiger partial charge in [-0.1, -0.05) is 97.1 Å². The first-order chi connectivity index (χ1) is 15.7. The van der Waals surface area contributed by atoms with Crippen LogP contribution in [0, 0.1) is 0 Å². The summed E-state index contributed by atoms with van der Waals surface area (Å²) >= 11 is 0. The van der Waals surface area contributed by atoms with Crippen molar-refractivity contribution in [2.45, 2.75) is 25.2 Å². The molecule has 0 aliphatic rings. The Morgan fingerprint density at radius 2 is 0.812 bits per heavy atom. The number of para-hydroxylation sites is 2. The fourth-order valence-corrected chi connectivity index (χ4v) is 3.94. The molecule has 0 radical (unpaired) electrons. The first-order valence-electron chi connectivity index (χ1n) is 10.8. The molecule has 0 bridgehead atoms. The Balaban J connectivity index is 1.65. The molecule has 4 rings (SSSR count). The maximum atomic E-state index is 10.2. The molecule has 4 aromatic rings. The molecule has 32 heavy (non-hydrogen) atoms. The first-order valence-corrected chi connectivity index (χ1v) is 10.8. The number of hydrogen-bond donors (Lipinski definition) is 4. The second kappa shape index (κ2) is 10.6. The Bertz CT molecular complexity index is 1030. The second-order valence-corrected chi connectivity index (χ2v) is 7.80. The summed E-state index contributed by atoms with van der Waals surface area (Å²) in [7, 11) is 0. The van der Waals surface area contributed by atoms with Gasteiger partial charge in [0.15, 0.2) is 0 Å². The van der Waals surface area contributed by atoms with E-state index in [2.05, 4.69) is 34.9 Å². The highest BCUT2D eigenvalue weighted by atomic mass is 16.3. The average Bonchev–Trinajstić information content (AvgIpc) is 2.84.